The van der Waals surface area contributed by atoms with Gasteiger partial charge in [0.2, 0.25) is 0 Å². The van der Waals surface area contributed by atoms with Gasteiger partial charge in [0.15, 0.2) is 0 Å². The molecule has 1 aromatic carbocycles. The minimum Gasteiger partial charge on any atom is -0.394 e. The molecule has 3 nitrogen and oxygen atoms in total. The first-order valence-electron chi connectivity index (χ1n) is 6.63. The van der Waals surface area contributed by atoms with Crippen molar-refractivity contribution >= 4 is 0 Å². The lowest BCUT2D eigenvalue weighted by Crippen LogP contribution is -2.47. The second kappa shape index (κ2) is 5.83. The van der Waals surface area contributed by atoms with E-state index in [9.17, 15) is 5.11 Å². The Bertz CT molecular complexity index is 405. The van der Waals surface area contributed by atoms with Crippen LogP contribution in [0.25, 0.3) is 0 Å². The second-order valence-electron chi connectivity index (χ2n) is 5.38. The van der Waals surface area contributed by atoms with Crippen molar-refractivity contribution in [2.45, 2.75) is 39.5 Å². The Hall–Kier alpha value is -0.900. The zero-order valence-corrected chi connectivity index (χ0v) is 11.5. The molecule has 2 unspecified atom stereocenters. The summed E-state index contributed by atoms with van der Waals surface area (Å²) in [4.78, 5) is 2.37. The minimum atomic E-state index is -0.0427. The van der Waals surface area contributed by atoms with Gasteiger partial charge in [-0.25, -0.2) is 0 Å². The number of hydrogen-bond donors (Lipinski definition) is 1. The topological polar surface area (TPSA) is 32.7 Å². The average molecular weight is 249 g/mol. The van der Waals surface area contributed by atoms with E-state index >= 15 is 0 Å². The molecule has 0 aliphatic carbocycles. The lowest BCUT2D eigenvalue weighted by atomic mass is 10.0. The van der Waals surface area contributed by atoms with Gasteiger partial charge in [0.05, 0.1) is 18.8 Å². The number of hydrogen-bond acceptors (Lipinski definition) is 3. The minimum absolute atomic E-state index is 0.0427. The standard InChI is InChI=1S/C15H23NO2/c1-11-4-5-12(2)14(6-11)8-16-7-13(3)18-15(9-16)10-17/h4-6,13,15,17H,7-10H2,1-3H3. The van der Waals surface area contributed by atoms with Crippen molar-refractivity contribution < 1.29 is 9.84 Å². The molecule has 0 saturated carbocycles. The van der Waals surface area contributed by atoms with Crippen molar-refractivity contribution in [3.8, 4) is 0 Å². The van der Waals surface area contributed by atoms with E-state index in [1.807, 2.05) is 0 Å². The molecule has 0 aromatic heterocycles. The number of ether oxygens (including phenoxy) is 1. The van der Waals surface area contributed by atoms with E-state index in [2.05, 4.69) is 43.9 Å². The highest BCUT2D eigenvalue weighted by atomic mass is 16.5. The molecule has 1 saturated heterocycles. The van der Waals surface area contributed by atoms with Crippen LogP contribution in [0.1, 0.15) is 23.6 Å². The number of aliphatic hydroxyl groups excluding tert-OH is 1. The van der Waals surface area contributed by atoms with Crippen molar-refractivity contribution in [3.63, 3.8) is 0 Å². The van der Waals surface area contributed by atoms with Crippen molar-refractivity contribution in [3.05, 3.63) is 34.9 Å². The lowest BCUT2D eigenvalue weighted by Gasteiger charge is -2.36. The number of aryl methyl sites for hydroxylation is 2. The number of benzene rings is 1. The summed E-state index contributed by atoms with van der Waals surface area (Å²) in [6.07, 6.45) is 0.153. The predicted octanol–water partition coefficient (Wildman–Crippen LogP) is 1.89. The van der Waals surface area contributed by atoms with E-state index in [1.165, 1.54) is 16.7 Å². The third kappa shape index (κ3) is 3.31. The van der Waals surface area contributed by atoms with Crippen molar-refractivity contribution in [1.82, 2.24) is 4.90 Å². The molecule has 18 heavy (non-hydrogen) atoms. The Labute approximate surface area is 109 Å². The van der Waals surface area contributed by atoms with Gasteiger partial charge in [-0.2, -0.15) is 0 Å². The van der Waals surface area contributed by atoms with Gasteiger partial charge in [-0.3, -0.25) is 4.90 Å². The van der Waals surface area contributed by atoms with Crippen LogP contribution in [-0.4, -0.2) is 41.9 Å². The van der Waals surface area contributed by atoms with Crippen LogP contribution in [0.3, 0.4) is 0 Å². The number of rotatable bonds is 3. The highest BCUT2D eigenvalue weighted by Crippen LogP contribution is 2.17. The molecule has 0 bridgehead atoms. The Balaban J connectivity index is 2.06. The molecule has 2 atom stereocenters. The van der Waals surface area contributed by atoms with Gasteiger partial charge in [-0.15, -0.1) is 0 Å². The summed E-state index contributed by atoms with van der Waals surface area (Å²) < 4.78 is 5.67. The molecule has 1 aliphatic heterocycles. The van der Waals surface area contributed by atoms with Gasteiger partial charge in [0.25, 0.3) is 0 Å². The van der Waals surface area contributed by atoms with E-state index in [0.717, 1.165) is 19.6 Å². The van der Waals surface area contributed by atoms with Gasteiger partial charge in [-0.1, -0.05) is 23.8 Å². The summed E-state index contributed by atoms with van der Waals surface area (Å²) in [6, 6.07) is 6.58. The Kier molecular flexibility index (Phi) is 4.38. The molecule has 0 radical (unpaired) electrons. The third-order valence-electron chi connectivity index (χ3n) is 3.50. The second-order valence-corrected chi connectivity index (χ2v) is 5.38. The molecule has 1 fully saturated rings. The molecule has 1 N–H and O–H groups in total. The van der Waals surface area contributed by atoms with Gasteiger partial charge >= 0.3 is 0 Å². The molecule has 0 amide bonds. The summed E-state index contributed by atoms with van der Waals surface area (Å²) in [5.74, 6) is 0. The molecule has 1 aliphatic rings. The predicted molar refractivity (Wildman–Crippen MR) is 72.6 cm³/mol. The monoisotopic (exact) mass is 249 g/mol. The van der Waals surface area contributed by atoms with Gasteiger partial charge in [0.1, 0.15) is 0 Å². The van der Waals surface area contributed by atoms with E-state index in [4.69, 9.17) is 4.74 Å². The van der Waals surface area contributed by atoms with Crippen LogP contribution in [0, 0.1) is 13.8 Å². The Morgan fingerprint density at radius 2 is 2.11 bits per heavy atom. The van der Waals surface area contributed by atoms with Crippen LogP contribution in [0.4, 0.5) is 0 Å². The van der Waals surface area contributed by atoms with Crippen molar-refractivity contribution in [1.29, 1.82) is 0 Å². The Morgan fingerprint density at radius 3 is 2.83 bits per heavy atom. The first kappa shape index (κ1) is 13.5. The van der Waals surface area contributed by atoms with Crippen molar-refractivity contribution in [2.75, 3.05) is 19.7 Å². The van der Waals surface area contributed by atoms with E-state index < -0.39 is 0 Å². The van der Waals surface area contributed by atoms with Crippen LogP contribution in [0.2, 0.25) is 0 Å². The molecule has 100 valence electrons. The van der Waals surface area contributed by atoms with E-state index in [-0.39, 0.29) is 18.8 Å². The van der Waals surface area contributed by atoms with Gasteiger partial charge < -0.3 is 9.84 Å². The highest BCUT2D eigenvalue weighted by molar-refractivity contribution is 5.30. The summed E-state index contributed by atoms with van der Waals surface area (Å²) in [6.45, 7) is 9.14. The lowest BCUT2D eigenvalue weighted by molar-refractivity contribution is -0.0972. The molecule has 1 heterocycles. The zero-order valence-electron chi connectivity index (χ0n) is 11.5. The normalized spacial score (nSPS) is 25.3. The average Bonchev–Trinajstić information content (AvgIpc) is 2.33. The summed E-state index contributed by atoms with van der Waals surface area (Å²) in [5.41, 5.74) is 4.01. The fourth-order valence-corrected chi connectivity index (χ4v) is 2.58. The SMILES string of the molecule is Cc1ccc(C)c(CN2CC(C)OC(CO)C2)c1. The van der Waals surface area contributed by atoms with Crippen LogP contribution in [-0.2, 0) is 11.3 Å². The zero-order chi connectivity index (χ0) is 13.1. The first-order valence-corrected chi connectivity index (χ1v) is 6.63. The molecular formula is C15H23NO2. The maximum Gasteiger partial charge on any atom is 0.0936 e. The summed E-state index contributed by atoms with van der Waals surface area (Å²) >= 11 is 0. The molecule has 2 rings (SSSR count). The van der Waals surface area contributed by atoms with E-state index in [1.54, 1.807) is 0 Å². The van der Waals surface area contributed by atoms with Crippen LogP contribution >= 0.6 is 0 Å². The molecule has 1 aromatic rings. The number of aliphatic hydroxyl groups is 1. The first-order chi connectivity index (χ1) is 8.58. The number of nitrogens with zero attached hydrogens (tertiary/aromatic N) is 1. The van der Waals surface area contributed by atoms with Crippen LogP contribution < -0.4 is 0 Å². The number of morpholine rings is 1. The van der Waals surface area contributed by atoms with Crippen LogP contribution in [0.15, 0.2) is 18.2 Å². The third-order valence-corrected chi connectivity index (χ3v) is 3.50. The summed E-state index contributed by atoms with van der Waals surface area (Å²) in [5, 5.41) is 9.24. The summed E-state index contributed by atoms with van der Waals surface area (Å²) in [7, 11) is 0. The molecular weight excluding hydrogens is 226 g/mol. The largest absolute Gasteiger partial charge is 0.394 e. The highest BCUT2D eigenvalue weighted by Gasteiger charge is 2.24. The fraction of sp³-hybridized carbons (Fsp3) is 0.600. The fourth-order valence-electron chi connectivity index (χ4n) is 2.58. The Morgan fingerprint density at radius 1 is 1.33 bits per heavy atom. The maximum absolute atomic E-state index is 9.24. The van der Waals surface area contributed by atoms with Crippen molar-refractivity contribution in [2.24, 2.45) is 0 Å². The maximum atomic E-state index is 9.24. The van der Waals surface area contributed by atoms with Crippen LogP contribution in [0.5, 0.6) is 0 Å². The molecule has 3 heteroatoms. The smallest absolute Gasteiger partial charge is 0.0936 e. The molecule has 0 spiro atoms. The van der Waals surface area contributed by atoms with Gasteiger partial charge in [0, 0.05) is 19.6 Å². The quantitative estimate of drug-likeness (QED) is 0.888. The van der Waals surface area contributed by atoms with E-state index in [0.29, 0.717) is 0 Å². The van der Waals surface area contributed by atoms with Gasteiger partial charge in [-0.05, 0) is 31.9 Å².